The lowest BCUT2D eigenvalue weighted by Gasteiger charge is -2.19. The summed E-state index contributed by atoms with van der Waals surface area (Å²) in [4.78, 5) is 0. The average Bonchev–Trinajstić information content (AvgIpc) is 2.85. The van der Waals surface area contributed by atoms with E-state index in [-0.39, 0.29) is 11.8 Å². The summed E-state index contributed by atoms with van der Waals surface area (Å²) in [6.07, 6.45) is 5.18. The first-order valence-corrected chi connectivity index (χ1v) is 9.79. The zero-order valence-corrected chi connectivity index (χ0v) is 13.3. The van der Waals surface area contributed by atoms with E-state index in [4.69, 9.17) is 5.73 Å². The molecule has 1 fully saturated rings. The van der Waals surface area contributed by atoms with Crippen LogP contribution in [0.2, 0.25) is 0 Å². The van der Waals surface area contributed by atoms with Crippen LogP contribution in [0, 0.1) is 0 Å². The van der Waals surface area contributed by atoms with E-state index >= 15 is 0 Å². The Labute approximate surface area is 125 Å². The van der Waals surface area contributed by atoms with Gasteiger partial charge in [0.1, 0.15) is 0 Å². The van der Waals surface area contributed by atoms with E-state index in [1.54, 1.807) is 11.8 Å². The van der Waals surface area contributed by atoms with Crippen LogP contribution in [-0.2, 0) is 22.3 Å². The summed E-state index contributed by atoms with van der Waals surface area (Å²) in [5, 5.41) is 0.407. The highest BCUT2D eigenvalue weighted by atomic mass is 32.2. The molecule has 4 nitrogen and oxygen atoms in total. The standard InChI is InChI=1S/C14H22N2O2S2/c1-19-14-4-2-3-13(14)16-20(17,18)10-12-7-5-11(9-15)6-8-12/h5-8,13-14,16H,2-4,9-10,15H2,1H3. The van der Waals surface area contributed by atoms with Gasteiger partial charge >= 0.3 is 0 Å². The third-order valence-electron chi connectivity index (χ3n) is 3.70. The third kappa shape index (κ3) is 4.22. The predicted octanol–water partition coefficient (Wildman–Crippen LogP) is 1.85. The zero-order chi connectivity index (χ0) is 14.6. The summed E-state index contributed by atoms with van der Waals surface area (Å²) in [6, 6.07) is 7.51. The topological polar surface area (TPSA) is 72.2 Å². The van der Waals surface area contributed by atoms with E-state index in [9.17, 15) is 8.42 Å². The molecule has 112 valence electrons. The molecule has 0 aliphatic heterocycles. The van der Waals surface area contributed by atoms with Gasteiger partial charge in [-0.3, -0.25) is 0 Å². The highest BCUT2D eigenvalue weighted by Crippen LogP contribution is 2.29. The number of hydrogen-bond acceptors (Lipinski definition) is 4. The molecule has 0 heterocycles. The van der Waals surface area contributed by atoms with E-state index in [1.807, 2.05) is 30.5 Å². The molecule has 2 atom stereocenters. The van der Waals surface area contributed by atoms with Gasteiger partial charge in [0, 0.05) is 17.8 Å². The van der Waals surface area contributed by atoms with E-state index in [0.29, 0.717) is 11.8 Å². The van der Waals surface area contributed by atoms with Gasteiger partial charge in [0.2, 0.25) is 10.0 Å². The summed E-state index contributed by atoms with van der Waals surface area (Å²) in [5.74, 6) is 0.0372. The molecule has 2 rings (SSSR count). The van der Waals surface area contributed by atoms with Gasteiger partial charge in [-0.25, -0.2) is 13.1 Å². The molecular weight excluding hydrogens is 292 g/mol. The van der Waals surface area contributed by atoms with Crippen molar-refractivity contribution >= 4 is 21.8 Å². The third-order valence-corrected chi connectivity index (χ3v) is 6.25. The fraction of sp³-hybridized carbons (Fsp3) is 0.571. The highest BCUT2D eigenvalue weighted by Gasteiger charge is 2.29. The molecule has 2 unspecified atom stereocenters. The molecule has 0 bridgehead atoms. The molecule has 6 heteroatoms. The second kappa shape index (κ2) is 6.93. The number of hydrogen-bond donors (Lipinski definition) is 2. The quantitative estimate of drug-likeness (QED) is 0.840. The van der Waals surface area contributed by atoms with Gasteiger partial charge in [-0.15, -0.1) is 0 Å². The molecule has 1 aromatic rings. The first-order chi connectivity index (χ1) is 9.54. The minimum Gasteiger partial charge on any atom is -0.326 e. The molecule has 1 saturated carbocycles. The van der Waals surface area contributed by atoms with Gasteiger partial charge < -0.3 is 5.73 Å². The van der Waals surface area contributed by atoms with E-state index in [2.05, 4.69) is 4.72 Å². The van der Waals surface area contributed by atoms with Crippen LogP contribution in [-0.4, -0.2) is 26.0 Å². The van der Waals surface area contributed by atoms with Crippen molar-refractivity contribution in [3.05, 3.63) is 35.4 Å². The number of rotatable bonds is 6. The van der Waals surface area contributed by atoms with Crippen molar-refractivity contribution in [2.45, 2.75) is 42.9 Å². The fourth-order valence-electron chi connectivity index (χ4n) is 2.61. The van der Waals surface area contributed by atoms with E-state index < -0.39 is 10.0 Å². The van der Waals surface area contributed by atoms with Crippen molar-refractivity contribution < 1.29 is 8.42 Å². The molecule has 0 aromatic heterocycles. The van der Waals surface area contributed by atoms with Gasteiger partial charge in [0.05, 0.1) is 5.75 Å². The average molecular weight is 314 g/mol. The van der Waals surface area contributed by atoms with Crippen LogP contribution in [0.4, 0.5) is 0 Å². The van der Waals surface area contributed by atoms with Gasteiger partial charge in [-0.2, -0.15) is 11.8 Å². The summed E-state index contributed by atoms with van der Waals surface area (Å²) in [6.45, 7) is 0.475. The Bertz CT molecular complexity index is 529. The fourth-order valence-corrected chi connectivity index (χ4v) is 5.09. The maximum atomic E-state index is 12.2. The monoisotopic (exact) mass is 314 g/mol. The van der Waals surface area contributed by atoms with Crippen molar-refractivity contribution in [2.75, 3.05) is 6.26 Å². The van der Waals surface area contributed by atoms with Crippen LogP contribution < -0.4 is 10.5 Å². The summed E-state index contributed by atoms with van der Waals surface area (Å²) in [7, 11) is -3.28. The normalized spacial score (nSPS) is 23.1. The number of thioether (sulfide) groups is 1. The van der Waals surface area contributed by atoms with Crippen molar-refractivity contribution in [2.24, 2.45) is 5.73 Å². The molecular formula is C14H22N2O2S2. The van der Waals surface area contributed by atoms with E-state index in [0.717, 1.165) is 30.4 Å². The first kappa shape index (κ1) is 15.8. The van der Waals surface area contributed by atoms with Crippen molar-refractivity contribution in [3.8, 4) is 0 Å². The van der Waals surface area contributed by atoms with Crippen LogP contribution in [0.15, 0.2) is 24.3 Å². The Morgan fingerprint density at radius 3 is 2.50 bits per heavy atom. The molecule has 0 spiro atoms. The molecule has 1 aliphatic carbocycles. The lowest BCUT2D eigenvalue weighted by Crippen LogP contribution is -2.39. The first-order valence-electron chi connectivity index (χ1n) is 6.85. The predicted molar refractivity (Wildman–Crippen MR) is 85.0 cm³/mol. The molecule has 20 heavy (non-hydrogen) atoms. The maximum Gasteiger partial charge on any atom is 0.216 e. The molecule has 3 N–H and O–H groups in total. The zero-order valence-electron chi connectivity index (χ0n) is 11.7. The van der Waals surface area contributed by atoms with Crippen molar-refractivity contribution in [3.63, 3.8) is 0 Å². The minimum absolute atomic E-state index is 0.0372. The Hall–Kier alpha value is -0.560. The second-order valence-electron chi connectivity index (χ2n) is 5.21. The van der Waals surface area contributed by atoms with E-state index in [1.165, 1.54) is 0 Å². The largest absolute Gasteiger partial charge is 0.326 e. The molecule has 0 radical (unpaired) electrons. The lowest BCUT2D eigenvalue weighted by atomic mass is 10.1. The smallest absolute Gasteiger partial charge is 0.216 e. The van der Waals surface area contributed by atoms with Crippen LogP contribution in [0.5, 0.6) is 0 Å². The maximum absolute atomic E-state index is 12.2. The minimum atomic E-state index is -3.28. The van der Waals surface area contributed by atoms with Gasteiger partial charge in [0.15, 0.2) is 0 Å². The molecule has 1 aromatic carbocycles. The Kier molecular flexibility index (Phi) is 5.49. The summed E-state index contributed by atoms with van der Waals surface area (Å²) in [5.41, 5.74) is 7.34. The Balaban J connectivity index is 1.99. The second-order valence-corrected chi connectivity index (χ2v) is 8.04. The van der Waals surface area contributed by atoms with Gasteiger partial charge in [0.25, 0.3) is 0 Å². The SMILES string of the molecule is CSC1CCCC1NS(=O)(=O)Cc1ccc(CN)cc1. The van der Waals surface area contributed by atoms with Crippen LogP contribution >= 0.6 is 11.8 Å². The lowest BCUT2D eigenvalue weighted by molar-refractivity contribution is 0.554. The van der Waals surface area contributed by atoms with Gasteiger partial charge in [-0.05, 0) is 30.2 Å². The van der Waals surface area contributed by atoms with Crippen LogP contribution in [0.3, 0.4) is 0 Å². The van der Waals surface area contributed by atoms with Crippen LogP contribution in [0.1, 0.15) is 30.4 Å². The number of benzene rings is 1. The number of nitrogens with one attached hydrogen (secondary N) is 1. The molecule has 0 saturated heterocycles. The Morgan fingerprint density at radius 2 is 1.90 bits per heavy atom. The van der Waals surface area contributed by atoms with Crippen LogP contribution in [0.25, 0.3) is 0 Å². The summed E-state index contributed by atoms with van der Waals surface area (Å²) >= 11 is 1.75. The van der Waals surface area contributed by atoms with Gasteiger partial charge in [-0.1, -0.05) is 30.7 Å². The number of nitrogens with two attached hydrogens (primary N) is 1. The van der Waals surface area contributed by atoms with Crippen molar-refractivity contribution in [1.29, 1.82) is 0 Å². The summed E-state index contributed by atoms with van der Waals surface area (Å²) < 4.78 is 27.3. The molecule has 1 aliphatic rings. The van der Waals surface area contributed by atoms with Crippen molar-refractivity contribution in [1.82, 2.24) is 4.72 Å². The highest BCUT2D eigenvalue weighted by molar-refractivity contribution is 7.99. The Morgan fingerprint density at radius 1 is 1.25 bits per heavy atom. The molecule has 0 amide bonds. The number of sulfonamides is 1.